The Labute approximate surface area is 151 Å². The molecule has 0 spiro atoms. The molecule has 1 saturated heterocycles. The summed E-state index contributed by atoms with van der Waals surface area (Å²) in [6, 6.07) is 8.36. The molecule has 1 aromatic carbocycles. The van der Waals surface area contributed by atoms with E-state index in [0.29, 0.717) is 55.8 Å². The number of aromatic nitrogens is 2. The highest BCUT2D eigenvalue weighted by atomic mass is 16.5. The molecule has 0 radical (unpaired) electrons. The van der Waals surface area contributed by atoms with Gasteiger partial charge in [0.05, 0.1) is 25.4 Å². The van der Waals surface area contributed by atoms with Gasteiger partial charge in [0.25, 0.3) is 5.91 Å². The van der Waals surface area contributed by atoms with Gasteiger partial charge in [-0.05, 0) is 37.3 Å². The van der Waals surface area contributed by atoms with E-state index in [1.54, 1.807) is 42.2 Å². The van der Waals surface area contributed by atoms with Gasteiger partial charge in [-0.2, -0.15) is 0 Å². The van der Waals surface area contributed by atoms with E-state index in [0.717, 1.165) is 0 Å². The summed E-state index contributed by atoms with van der Waals surface area (Å²) in [7, 11) is 0. The Morgan fingerprint density at radius 2 is 1.92 bits per heavy atom. The van der Waals surface area contributed by atoms with E-state index in [4.69, 9.17) is 9.47 Å². The molecule has 1 amide bonds. The normalized spacial score (nSPS) is 14.0. The molecule has 26 heavy (non-hydrogen) atoms. The van der Waals surface area contributed by atoms with Gasteiger partial charge in [-0.3, -0.25) is 4.79 Å². The lowest BCUT2D eigenvalue weighted by atomic mass is 10.2. The summed E-state index contributed by atoms with van der Waals surface area (Å²) in [5.41, 5.74) is 1.50. The van der Waals surface area contributed by atoms with Crippen LogP contribution in [0.5, 0.6) is 0 Å². The summed E-state index contributed by atoms with van der Waals surface area (Å²) in [5.74, 6) is -0.196. The SMILES string of the molecule is CCOC(=O)c1ccc(Nc2nccc(C(=O)N3CCOCC3)n2)cc1. The summed E-state index contributed by atoms with van der Waals surface area (Å²) in [6.07, 6.45) is 1.54. The zero-order chi connectivity index (χ0) is 18.4. The maximum Gasteiger partial charge on any atom is 0.338 e. The van der Waals surface area contributed by atoms with Crippen molar-refractivity contribution in [2.24, 2.45) is 0 Å². The van der Waals surface area contributed by atoms with E-state index in [1.807, 2.05) is 0 Å². The van der Waals surface area contributed by atoms with E-state index in [-0.39, 0.29) is 11.9 Å². The Bertz CT molecular complexity index is 773. The van der Waals surface area contributed by atoms with Gasteiger partial charge in [0, 0.05) is 25.0 Å². The molecule has 1 fully saturated rings. The zero-order valence-corrected chi connectivity index (χ0v) is 14.5. The van der Waals surface area contributed by atoms with E-state index in [2.05, 4.69) is 15.3 Å². The van der Waals surface area contributed by atoms with E-state index < -0.39 is 0 Å². The molecule has 0 atom stereocenters. The maximum absolute atomic E-state index is 12.5. The van der Waals surface area contributed by atoms with Crippen molar-refractivity contribution < 1.29 is 19.1 Å². The van der Waals surface area contributed by atoms with Crippen LogP contribution in [0.3, 0.4) is 0 Å². The number of benzene rings is 1. The molecule has 8 heteroatoms. The number of amides is 1. The summed E-state index contributed by atoms with van der Waals surface area (Å²) < 4.78 is 10.2. The van der Waals surface area contributed by atoms with Crippen molar-refractivity contribution >= 4 is 23.5 Å². The lowest BCUT2D eigenvalue weighted by Crippen LogP contribution is -2.41. The molecule has 8 nitrogen and oxygen atoms in total. The Morgan fingerprint density at radius 3 is 2.62 bits per heavy atom. The molecule has 0 aliphatic carbocycles. The molecule has 0 saturated carbocycles. The molecule has 136 valence electrons. The maximum atomic E-state index is 12.5. The smallest absolute Gasteiger partial charge is 0.338 e. The number of anilines is 2. The predicted octanol–water partition coefficient (Wildman–Crippen LogP) is 1.87. The molecule has 2 heterocycles. The summed E-state index contributed by atoms with van der Waals surface area (Å²) in [4.78, 5) is 34.3. The van der Waals surface area contributed by atoms with Gasteiger partial charge in [0.15, 0.2) is 0 Å². The van der Waals surface area contributed by atoms with Gasteiger partial charge in [0.1, 0.15) is 5.69 Å². The second kappa shape index (κ2) is 8.39. The number of esters is 1. The first-order chi connectivity index (χ1) is 12.7. The lowest BCUT2D eigenvalue weighted by Gasteiger charge is -2.26. The third-order valence-electron chi connectivity index (χ3n) is 3.83. The topological polar surface area (TPSA) is 93.6 Å². The summed E-state index contributed by atoms with van der Waals surface area (Å²) in [6.45, 7) is 4.28. The number of carbonyl (C=O) groups is 2. The van der Waals surface area contributed by atoms with Crippen molar-refractivity contribution in [3.05, 3.63) is 47.8 Å². The number of hydrogen-bond donors (Lipinski definition) is 1. The van der Waals surface area contributed by atoms with E-state index >= 15 is 0 Å². The van der Waals surface area contributed by atoms with Crippen LogP contribution >= 0.6 is 0 Å². The standard InChI is InChI=1S/C18H20N4O4/c1-2-26-17(24)13-3-5-14(6-4-13)20-18-19-8-7-15(21-18)16(23)22-9-11-25-12-10-22/h3-8H,2,9-12H2,1H3,(H,19,20,21). The monoisotopic (exact) mass is 356 g/mol. The second-order valence-electron chi connectivity index (χ2n) is 5.59. The predicted molar refractivity (Wildman–Crippen MR) is 94.4 cm³/mol. The summed E-state index contributed by atoms with van der Waals surface area (Å²) >= 11 is 0. The first kappa shape index (κ1) is 17.8. The Hall–Kier alpha value is -3.00. The van der Waals surface area contributed by atoms with Crippen LogP contribution in [0.2, 0.25) is 0 Å². The number of rotatable bonds is 5. The highest BCUT2D eigenvalue weighted by molar-refractivity contribution is 5.92. The summed E-state index contributed by atoms with van der Waals surface area (Å²) in [5, 5.41) is 3.03. The Morgan fingerprint density at radius 1 is 1.19 bits per heavy atom. The van der Waals surface area contributed by atoms with Crippen molar-refractivity contribution in [2.75, 3.05) is 38.2 Å². The average molecular weight is 356 g/mol. The number of nitrogens with zero attached hydrogens (tertiary/aromatic N) is 3. The Balaban J connectivity index is 1.68. The number of morpholine rings is 1. The van der Waals surface area contributed by atoms with E-state index in [9.17, 15) is 9.59 Å². The van der Waals surface area contributed by atoms with Gasteiger partial charge < -0.3 is 19.7 Å². The fourth-order valence-electron chi connectivity index (χ4n) is 2.50. The molecule has 1 N–H and O–H groups in total. The van der Waals surface area contributed by atoms with Gasteiger partial charge in [0.2, 0.25) is 5.95 Å². The van der Waals surface area contributed by atoms with Gasteiger partial charge in [-0.15, -0.1) is 0 Å². The molecule has 1 aliphatic rings. The first-order valence-electron chi connectivity index (χ1n) is 8.41. The zero-order valence-electron chi connectivity index (χ0n) is 14.5. The van der Waals surface area contributed by atoms with Crippen molar-refractivity contribution in [1.29, 1.82) is 0 Å². The van der Waals surface area contributed by atoms with Crippen LogP contribution in [0.4, 0.5) is 11.6 Å². The molecule has 0 bridgehead atoms. The van der Waals surface area contributed by atoms with Crippen molar-refractivity contribution in [3.63, 3.8) is 0 Å². The highest BCUT2D eigenvalue weighted by Gasteiger charge is 2.20. The lowest BCUT2D eigenvalue weighted by molar-refractivity contribution is 0.0299. The van der Waals surface area contributed by atoms with Crippen LogP contribution < -0.4 is 5.32 Å². The quantitative estimate of drug-likeness (QED) is 0.817. The van der Waals surface area contributed by atoms with E-state index in [1.165, 1.54) is 6.20 Å². The molecular formula is C18H20N4O4. The molecule has 1 aliphatic heterocycles. The molecule has 0 unspecified atom stereocenters. The van der Waals surface area contributed by atoms with Crippen LogP contribution in [0.1, 0.15) is 27.8 Å². The fraction of sp³-hybridized carbons (Fsp3) is 0.333. The van der Waals surface area contributed by atoms with Crippen LogP contribution in [0.25, 0.3) is 0 Å². The van der Waals surface area contributed by atoms with Gasteiger partial charge in [-0.1, -0.05) is 0 Å². The number of ether oxygens (including phenoxy) is 2. The molecular weight excluding hydrogens is 336 g/mol. The van der Waals surface area contributed by atoms with Crippen LogP contribution in [0, 0.1) is 0 Å². The minimum Gasteiger partial charge on any atom is -0.462 e. The molecule has 2 aromatic rings. The fourth-order valence-corrected chi connectivity index (χ4v) is 2.50. The van der Waals surface area contributed by atoms with Crippen LogP contribution in [-0.4, -0.2) is 59.7 Å². The van der Waals surface area contributed by atoms with Crippen LogP contribution in [-0.2, 0) is 9.47 Å². The van der Waals surface area contributed by atoms with Gasteiger partial charge >= 0.3 is 5.97 Å². The highest BCUT2D eigenvalue weighted by Crippen LogP contribution is 2.15. The average Bonchev–Trinajstić information content (AvgIpc) is 2.69. The molecule has 3 rings (SSSR count). The second-order valence-corrected chi connectivity index (χ2v) is 5.59. The minimum absolute atomic E-state index is 0.142. The number of nitrogens with one attached hydrogen (secondary N) is 1. The third-order valence-corrected chi connectivity index (χ3v) is 3.83. The van der Waals surface area contributed by atoms with Crippen molar-refractivity contribution in [1.82, 2.24) is 14.9 Å². The third kappa shape index (κ3) is 4.34. The first-order valence-corrected chi connectivity index (χ1v) is 8.41. The largest absolute Gasteiger partial charge is 0.462 e. The minimum atomic E-state index is -0.367. The van der Waals surface area contributed by atoms with Crippen molar-refractivity contribution in [2.45, 2.75) is 6.92 Å². The molecule has 1 aromatic heterocycles. The van der Waals surface area contributed by atoms with Crippen LogP contribution in [0.15, 0.2) is 36.5 Å². The Kier molecular flexibility index (Phi) is 5.75. The van der Waals surface area contributed by atoms with Gasteiger partial charge in [-0.25, -0.2) is 14.8 Å². The number of hydrogen-bond acceptors (Lipinski definition) is 7. The van der Waals surface area contributed by atoms with Crippen molar-refractivity contribution in [3.8, 4) is 0 Å². The number of carbonyl (C=O) groups excluding carboxylic acids is 2.